The van der Waals surface area contributed by atoms with E-state index in [2.05, 4.69) is 152 Å². The molecule has 25 nitrogen and oxygen atoms in total. The van der Waals surface area contributed by atoms with Crippen LogP contribution in [-0.4, -0.2) is 273 Å². The van der Waals surface area contributed by atoms with Gasteiger partial charge in [0.2, 0.25) is 0 Å². The van der Waals surface area contributed by atoms with E-state index in [1.165, 1.54) is 59.1 Å². The van der Waals surface area contributed by atoms with Crippen molar-refractivity contribution in [3.05, 3.63) is 180 Å². The fourth-order valence-corrected chi connectivity index (χ4v) is 14.7. The molecule has 672 valence electrons. The second kappa shape index (κ2) is 45.0. The predicted molar refractivity (Wildman–Crippen MR) is 499 cm³/mol. The van der Waals surface area contributed by atoms with Gasteiger partial charge in [0.25, 0.3) is 0 Å². The Balaban J connectivity index is 0.000000199. The van der Waals surface area contributed by atoms with Crippen LogP contribution in [0.1, 0.15) is 146 Å². The van der Waals surface area contributed by atoms with Crippen LogP contribution in [0.15, 0.2) is 164 Å². The lowest BCUT2D eigenvalue weighted by Gasteiger charge is -2.36. The van der Waals surface area contributed by atoms with Crippen molar-refractivity contribution >= 4 is 107 Å². The summed E-state index contributed by atoms with van der Waals surface area (Å²) in [4.78, 5) is 104. The number of nitrogens with zero attached hydrogens (tertiary/aromatic N) is 8. The van der Waals surface area contributed by atoms with Crippen LogP contribution in [0.25, 0.3) is 64.6 Å². The van der Waals surface area contributed by atoms with Crippen molar-refractivity contribution < 1.29 is 62.0 Å². The number of rotatable bonds is 5. The molecule has 6 amide bonds. The summed E-state index contributed by atoms with van der Waals surface area (Å²) in [6, 6.07) is 57.1. The van der Waals surface area contributed by atoms with E-state index in [0.29, 0.717) is 58.9 Å². The van der Waals surface area contributed by atoms with Crippen molar-refractivity contribution in [2.75, 3.05) is 157 Å². The summed E-state index contributed by atoms with van der Waals surface area (Å²) in [5, 5.41) is 28.5. The van der Waals surface area contributed by atoms with Crippen LogP contribution in [0.2, 0.25) is 0 Å². The molecule has 3 aliphatic rings. The van der Waals surface area contributed by atoms with E-state index in [1.54, 1.807) is 45.3 Å². The number of fused-ring (bicyclic) bond motifs is 9. The molecule has 0 aliphatic carbocycles. The smallest absolute Gasteiger partial charge is 0.410 e. The van der Waals surface area contributed by atoms with Crippen LogP contribution >= 0.6 is 0 Å². The van der Waals surface area contributed by atoms with Gasteiger partial charge in [0.05, 0.1) is 0 Å². The highest BCUT2D eigenvalue weighted by atomic mass is 16.6. The number of nitrogens with one attached hydrogen (secondary N) is 4. The number of aldehydes is 1. The van der Waals surface area contributed by atoms with Crippen LogP contribution in [-0.2, 0) is 41.5 Å². The first kappa shape index (κ1) is 97.4. The zero-order chi connectivity index (χ0) is 90.0. The van der Waals surface area contributed by atoms with Gasteiger partial charge in [0, 0.05) is 176 Å². The molecule has 0 unspecified atom stereocenters. The molecule has 0 atom stereocenters. The van der Waals surface area contributed by atoms with Gasteiger partial charge < -0.3 is 79.1 Å². The summed E-state index contributed by atoms with van der Waals surface area (Å²) in [6.45, 7) is 48.4. The van der Waals surface area contributed by atoms with Gasteiger partial charge in [-0.1, -0.05) is 146 Å². The van der Waals surface area contributed by atoms with Crippen LogP contribution in [0.3, 0.4) is 0 Å². The maximum absolute atomic E-state index is 13.5. The fourth-order valence-electron chi connectivity index (χ4n) is 14.7. The van der Waals surface area contributed by atoms with Gasteiger partial charge in [-0.15, -0.1) is 0 Å². The van der Waals surface area contributed by atoms with Gasteiger partial charge in [-0.25, -0.2) is 28.8 Å². The standard InChI is InChI=1S/C38H54N4O6.C23H44N4O6.C23H30N4.C15H10O/c1-36(2,3)46-33(43)40-20-18-39(27-29-26-28-14-10-11-15-30(28)32-17-13-12-16-31(29)32)19-21-41(34(44)47-37(4,5)6)23-25-42(24-22-40)35(45)48-38(7,8)9;1-21(2,3)31-18(28)25-12-10-24-11-13-26(19(29)32-22(4,5)6)15-17-27(16-14-25)20(30)33-23(7,8)9;1-2-6-21-19(5-1)17-20(22-7-3-4-8-23(21)22)18-27-15-13-25-11-9-24-10-12-26-14-16-27;16-10-12-9-11-5-1-2-6-13(11)15-8-4-3-7-14(12)15/h10-17,26H,18-25,27H2,1-9H3;24H,10-17H2,1-9H3;1-8,17,24-26H,9-16,18H2;1-10H. The SMILES string of the molecule is CC(C)(C)OC(=O)N1CCN(Cc2cc3ccccc3c3ccccc23)CCN(C(=O)OC(C)(C)C)CCN(C(=O)OC(C)(C)C)CC1.CC(C)(C)OC(=O)N1CCNCCN(C(=O)OC(C)(C)C)CCN(C(=O)OC(C)(C)C)CC1.O=Cc1cc2ccccc2c2ccccc12.c1ccc2c(c1)cc(CN1CCNCCNCCNCC1)c1ccccc12. The van der Waals surface area contributed by atoms with Crippen molar-refractivity contribution in [1.29, 1.82) is 0 Å². The fraction of sp³-hybridized carbons (Fsp3) is 0.505. The van der Waals surface area contributed by atoms with E-state index >= 15 is 0 Å². The third-order valence-electron chi connectivity index (χ3n) is 20.5. The van der Waals surface area contributed by atoms with Crippen molar-refractivity contribution in [3.63, 3.8) is 0 Å². The second-order valence-electron chi connectivity index (χ2n) is 37.8. The third kappa shape index (κ3) is 31.7. The highest BCUT2D eigenvalue weighted by Gasteiger charge is 2.33. The molecular weight excluding hydrogens is 1570 g/mol. The Labute approximate surface area is 735 Å². The quantitative estimate of drug-likeness (QED) is 0.0710. The molecule has 9 aromatic carbocycles. The van der Waals surface area contributed by atoms with E-state index in [0.717, 1.165) is 92.3 Å². The first-order chi connectivity index (χ1) is 58.7. The van der Waals surface area contributed by atoms with Gasteiger partial charge in [-0.3, -0.25) is 14.6 Å². The van der Waals surface area contributed by atoms with Crippen molar-refractivity contribution in [1.82, 2.24) is 60.5 Å². The van der Waals surface area contributed by atoms with E-state index in [4.69, 9.17) is 28.4 Å². The lowest BCUT2D eigenvalue weighted by atomic mass is 9.97. The number of benzene rings is 9. The van der Waals surface area contributed by atoms with Crippen LogP contribution in [0.4, 0.5) is 28.8 Å². The largest absolute Gasteiger partial charge is 0.444 e. The highest BCUT2D eigenvalue weighted by molar-refractivity contribution is 6.14. The first-order valence-electron chi connectivity index (χ1n) is 44.0. The molecule has 3 heterocycles. The average molecular weight is 1700 g/mol. The second-order valence-corrected chi connectivity index (χ2v) is 37.8. The molecule has 12 rings (SSSR count). The molecule has 4 N–H and O–H groups in total. The Kier molecular flexibility index (Phi) is 35.3. The third-order valence-corrected chi connectivity index (χ3v) is 20.5. The Hall–Kier alpha value is -10.4. The normalized spacial score (nSPS) is 16.3. The lowest BCUT2D eigenvalue weighted by Crippen LogP contribution is -2.51. The maximum atomic E-state index is 13.5. The number of ether oxygens (including phenoxy) is 6. The molecule has 25 heteroatoms. The molecule has 0 saturated carbocycles. The summed E-state index contributed by atoms with van der Waals surface area (Å²) in [6.07, 6.45) is -1.80. The number of hydrogen-bond acceptors (Lipinski definition) is 19. The van der Waals surface area contributed by atoms with Gasteiger partial charge in [-0.2, -0.15) is 0 Å². The van der Waals surface area contributed by atoms with Crippen molar-refractivity contribution in [2.24, 2.45) is 0 Å². The molecule has 9 aromatic rings. The van der Waals surface area contributed by atoms with Crippen molar-refractivity contribution in [2.45, 2.75) is 171 Å². The molecular formula is C99H138N12O13. The Morgan fingerprint density at radius 1 is 0.258 bits per heavy atom. The molecule has 0 radical (unpaired) electrons. The molecule has 124 heavy (non-hydrogen) atoms. The maximum Gasteiger partial charge on any atom is 0.410 e. The monoisotopic (exact) mass is 1700 g/mol. The number of amides is 6. The minimum absolute atomic E-state index is 0.214. The van der Waals surface area contributed by atoms with E-state index in [1.807, 2.05) is 146 Å². The van der Waals surface area contributed by atoms with E-state index in [9.17, 15) is 33.6 Å². The minimum atomic E-state index is -0.704. The van der Waals surface area contributed by atoms with Crippen LogP contribution < -0.4 is 21.3 Å². The lowest BCUT2D eigenvalue weighted by molar-refractivity contribution is 0.00448. The average Bonchev–Trinajstić information content (AvgIpc) is 0.785. The summed E-state index contributed by atoms with van der Waals surface area (Å²) < 4.78 is 33.9. The van der Waals surface area contributed by atoms with Gasteiger partial charge >= 0.3 is 36.6 Å². The van der Waals surface area contributed by atoms with Gasteiger partial charge in [0.15, 0.2) is 6.29 Å². The molecule has 0 aromatic heterocycles. The minimum Gasteiger partial charge on any atom is -0.444 e. The highest BCUT2D eigenvalue weighted by Crippen LogP contribution is 2.33. The number of hydrogen-bond donors (Lipinski definition) is 4. The summed E-state index contributed by atoms with van der Waals surface area (Å²) in [5.41, 5.74) is -0.607. The van der Waals surface area contributed by atoms with Gasteiger partial charge in [0.1, 0.15) is 33.6 Å². The summed E-state index contributed by atoms with van der Waals surface area (Å²) in [5.74, 6) is 0. The Morgan fingerprint density at radius 2 is 0.468 bits per heavy atom. The number of carbonyl (C=O) groups excluding carboxylic acids is 7. The molecule has 3 aliphatic heterocycles. The van der Waals surface area contributed by atoms with Crippen molar-refractivity contribution in [3.8, 4) is 0 Å². The first-order valence-corrected chi connectivity index (χ1v) is 44.0. The van der Waals surface area contributed by atoms with E-state index < -0.39 is 70.2 Å². The molecule has 3 saturated heterocycles. The predicted octanol–water partition coefficient (Wildman–Crippen LogP) is 17.2. The Bertz CT molecular complexity index is 4920. The summed E-state index contributed by atoms with van der Waals surface area (Å²) in [7, 11) is 0. The molecule has 0 bridgehead atoms. The zero-order valence-electron chi connectivity index (χ0n) is 76.9. The Morgan fingerprint density at radius 3 is 0.758 bits per heavy atom. The number of carbonyl (C=O) groups is 7. The summed E-state index contributed by atoms with van der Waals surface area (Å²) >= 11 is 0. The zero-order valence-corrected chi connectivity index (χ0v) is 76.9. The van der Waals surface area contributed by atoms with Gasteiger partial charge in [-0.05, 0) is 219 Å². The van der Waals surface area contributed by atoms with Crippen LogP contribution in [0.5, 0.6) is 0 Å². The molecule has 3 fully saturated rings. The molecule has 0 spiro atoms. The van der Waals surface area contributed by atoms with E-state index in [-0.39, 0.29) is 52.4 Å². The van der Waals surface area contributed by atoms with Crippen LogP contribution in [0, 0.1) is 0 Å². The topological polar surface area (TPSA) is 249 Å².